The minimum Gasteiger partial charge on any atom is -0.809 e. The summed E-state index contributed by atoms with van der Waals surface area (Å²) >= 11 is 6.65. The predicted octanol–water partition coefficient (Wildman–Crippen LogP) is -10.3. The standard InChI is InChI=1S/2C17H17BrN3O5P.4Na.H2O/c2*1-9(10-5-7-11(18)8-6-10)19-17(27(24,25)26)12-3-2-4-13-14(12)21-16(23)15(22)20-13;;;;;/h2*2-9,17,19H,1H3,(H,20,22)(H,21,23)(H2,24,25,26);;;;;1H2/q;;4*+1;/p-4/t2*9-,17?;;;;;/m00...../s1. The number of halogens is 2. The topological polar surface area (TPSA) is 313 Å². The number of aromatic amines is 4. The normalized spacial score (nSPS) is 13.0. The van der Waals surface area contributed by atoms with Gasteiger partial charge in [-0.2, -0.15) is 0 Å². The van der Waals surface area contributed by atoms with Gasteiger partial charge in [0.25, 0.3) is 0 Å². The first-order chi connectivity index (χ1) is 25.3. The Morgan fingerprint density at radius 1 is 0.508 bits per heavy atom. The van der Waals surface area contributed by atoms with Gasteiger partial charge in [-0.25, -0.2) is 0 Å². The van der Waals surface area contributed by atoms with Crippen molar-refractivity contribution in [3.05, 3.63) is 158 Å². The Morgan fingerprint density at radius 3 is 1.08 bits per heavy atom. The van der Waals surface area contributed by atoms with Crippen molar-refractivity contribution in [2.24, 2.45) is 0 Å². The maximum absolute atomic E-state index is 12.0. The van der Waals surface area contributed by atoms with E-state index in [-0.39, 0.29) is 157 Å². The van der Waals surface area contributed by atoms with Crippen LogP contribution in [0.2, 0.25) is 0 Å². The van der Waals surface area contributed by atoms with Gasteiger partial charge in [0, 0.05) is 21.0 Å². The van der Waals surface area contributed by atoms with E-state index < -0.39 is 61.1 Å². The molecule has 0 saturated heterocycles. The van der Waals surface area contributed by atoms with Gasteiger partial charge < -0.3 is 54.1 Å². The van der Waals surface area contributed by atoms with Crippen LogP contribution in [0.3, 0.4) is 0 Å². The van der Waals surface area contributed by atoms with Crippen LogP contribution in [0.25, 0.3) is 22.1 Å². The molecule has 0 spiro atoms. The Labute approximate surface area is 441 Å². The van der Waals surface area contributed by atoms with Crippen molar-refractivity contribution in [2.45, 2.75) is 37.5 Å². The minimum atomic E-state index is -5.15. The zero-order chi connectivity index (χ0) is 39.5. The number of hydrogen-bond acceptors (Lipinski definition) is 12. The third-order valence-corrected chi connectivity index (χ3v) is 11.5. The molecule has 6 rings (SSSR count). The second-order valence-electron chi connectivity index (χ2n) is 12.1. The molecule has 2 aromatic heterocycles. The first-order valence-corrected chi connectivity index (χ1v) is 20.7. The monoisotopic (exact) mass is 1010 g/mol. The first kappa shape index (κ1) is 58.9. The Hall–Kier alpha value is -0.1000. The molecule has 0 radical (unpaired) electrons. The summed E-state index contributed by atoms with van der Waals surface area (Å²) in [6.07, 6.45) is 0. The van der Waals surface area contributed by atoms with Crippen molar-refractivity contribution in [3.63, 3.8) is 0 Å². The van der Waals surface area contributed by atoms with Crippen molar-refractivity contribution < 1.29 is 152 Å². The average Bonchev–Trinajstić information content (AvgIpc) is 3.10. The molecule has 4 aromatic carbocycles. The summed E-state index contributed by atoms with van der Waals surface area (Å²) < 4.78 is 25.7. The summed E-state index contributed by atoms with van der Waals surface area (Å²) in [5.41, 5.74) is -1.25. The second kappa shape index (κ2) is 25.4. The molecule has 0 aliphatic rings. The van der Waals surface area contributed by atoms with Crippen LogP contribution in [-0.2, 0) is 9.13 Å². The van der Waals surface area contributed by atoms with E-state index in [4.69, 9.17) is 0 Å². The Kier molecular flexibility index (Phi) is 25.4. The van der Waals surface area contributed by atoms with Gasteiger partial charge in [-0.05, 0) is 87.7 Å². The number of fused-ring (bicyclic) bond motifs is 2. The van der Waals surface area contributed by atoms with Crippen LogP contribution in [-0.4, -0.2) is 25.4 Å². The summed E-state index contributed by atoms with van der Waals surface area (Å²) in [4.78, 5) is 104. The van der Waals surface area contributed by atoms with Gasteiger partial charge in [0.1, 0.15) is 0 Å². The fourth-order valence-corrected chi connectivity index (χ4v) is 8.11. The van der Waals surface area contributed by atoms with Gasteiger partial charge in [-0.15, -0.1) is 0 Å². The Bertz CT molecular complexity index is 2480. The van der Waals surface area contributed by atoms with Crippen LogP contribution in [0.1, 0.15) is 59.8 Å². The number of aromatic nitrogens is 4. The minimum absolute atomic E-state index is 0. The van der Waals surface area contributed by atoms with Gasteiger partial charge in [-0.3, -0.25) is 29.8 Å². The van der Waals surface area contributed by atoms with Crippen LogP contribution in [0.15, 0.2) is 113 Å². The molecule has 292 valence electrons. The molecule has 2 unspecified atom stereocenters. The van der Waals surface area contributed by atoms with Crippen LogP contribution in [0, 0.1) is 0 Å². The van der Waals surface area contributed by atoms with E-state index >= 15 is 0 Å². The van der Waals surface area contributed by atoms with Crippen molar-refractivity contribution in [1.82, 2.24) is 30.6 Å². The van der Waals surface area contributed by atoms with Crippen LogP contribution >= 0.6 is 47.1 Å². The average molecular weight is 1010 g/mol. The molecular formula is C34H32Br2N6Na4O11P2. The summed E-state index contributed by atoms with van der Waals surface area (Å²) in [7, 11) is -10.3. The van der Waals surface area contributed by atoms with Crippen molar-refractivity contribution >= 4 is 69.1 Å². The van der Waals surface area contributed by atoms with E-state index in [9.17, 15) is 47.9 Å². The summed E-state index contributed by atoms with van der Waals surface area (Å²) in [5.74, 6) is -3.19. The fourth-order valence-electron chi connectivity index (χ4n) is 5.65. The molecule has 0 fully saturated rings. The summed E-state index contributed by atoms with van der Waals surface area (Å²) in [6, 6.07) is 22.3. The quantitative estimate of drug-likeness (QED) is 0.0424. The Balaban J connectivity index is 0.00000105. The van der Waals surface area contributed by atoms with Gasteiger partial charge in [0.05, 0.1) is 33.6 Å². The third-order valence-electron chi connectivity index (χ3n) is 8.36. The molecule has 0 saturated carbocycles. The molecule has 0 aliphatic carbocycles. The van der Waals surface area contributed by atoms with Gasteiger partial charge in [-0.1, -0.05) is 80.4 Å². The number of hydrogen-bond donors (Lipinski definition) is 6. The number of nitrogens with one attached hydrogen (secondary N) is 6. The van der Waals surface area contributed by atoms with Crippen molar-refractivity contribution in [2.75, 3.05) is 0 Å². The smallest absolute Gasteiger partial charge is 0.809 e. The number of benzene rings is 4. The molecular weight excluding hydrogens is 982 g/mol. The zero-order valence-electron chi connectivity index (χ0n) is 32.6. The van der Waals surface area contributed by atoms with E-state index in [0.29, 0.717) is 0 Å². The molecule has 0 amide bonds. The number of rotatable bonds is 10. The van der Waals surface area contributed by atoms with Gasteiger partial charge >= 0.3 is 140 Å². The van der Waals surface area contributed by atoms with Crippen molar-refractivity contribution in [1.29, 1.82) is 0 Å². The largest absolute Gasteiger partial charge is 1.00 e. The van der Waals surface area contributed by atoms with Gasteiger partial charge in [0.15, 0.2) is 0 Å². The molecule has 2 heterocycles. The molecule has 6 aromatic rings. The maximum atomic E-state index is 12.0. The van der Waals surface area contributed by atoms with Gasteiger partial charge in [0.2, 0.25) is 0 Å². The van der Waals surface area contributed by atoms with Crippen molar-refractivity contribution in [3.8, 4) is 0 Å². The summed E-state index contributed by atoms with van der Waals surface area (Å²) in [5, 5.41) is 5.64. The van der Waals surface area contributed by atoms with Crippen LogP contribution < -0.4 is 171 Å². The van der Waals surface area contributed by atoms with E-state index in [0.717, 1.165) is 20.1 Å². The zero-order valence-corrected chi connectivity index (χ0v) is 45.6. The number of para-hydroxylation sites is 2. The van der Waals surface area contributed by atoms with Crippen LogP contribution in [0.4, 0.5) is 0 Å². The predicted molar refractivity (Wildman–Crippen MR) is 206 cm³/mol. The molecule has 4 atom stereocenters. The maximum Gasteiger partial charge on any atom is 1.00 e. The van der Waals surface area contributed by atoms with Crippen LogP contribution in [0.5, 0.6) is 0 Å². The molecule has 0 aliphatic heterocycles. The SMILES string of the molecule is C[C@H](NC(c1cccc2[nH]c(=O)c(=O)[nH]c12)P(=O)([O-])[O-])c1ccc(Br)cc1.C[C@H](NC(c1cccc2[nH]c(=O)c(=O)[nH]c12)P(=O)([O-])[O-])c1ccc(Br)cc1.O.[Na+].[Na+].[Na+].[Na+]. The van der Waals surface area contributed by atoms with E-state index in [1.807, 2.05) is 0 Å². The molecule has 17 nitrogen and oxygen atoms in total. The second-order valence-corrected chi connectivity index (χ2v) is 17.1. The Morgan fingerprint density at radius 2 is 0.797 bits per heavy atom. The van der Waals surface area contributed by atoms with E-state index in [2.05, 4.69) is 62.4 Å². The fraction of sp³-hybridized carbons (Fsp3) is 0.176. The third kappa shape index (κ3) is 15.5. The first-order valence-electron chi connectivity index (χ1n) is 15.9. The van der Waals surface area contributed by atoms with E-state index in [1.165, 1.54) is 36.4 Å². The molecule has 0 bridgehead atoms. The molecule has 59 heavy (non-hydrogen) atoms. The molecule has 25 heteroatoms. The summed E-state index contributed by atoms with van der Waals surface area (Å²) in [6.45, 7) is 3.45. The molecule has 8 N–H and O–H groups in total. The van der Waals surface area contributed by atoms with E-state index in [1.54, 1.807) is 62.4 Å². The number of H-pyrrole nitrogens is 4.